The molecule has 0 aliphatic carbocycles. The van der Waals surface area contributed by atoms with E-state index in [1.54, 1.807) is 4.70 Å². The van der Waals surface area contributed by atoms with Crippen LogP contribution in [0.4, 0.5) is 0 Å². The van der Waals surface area contributed by atoms with E-state index in [1.165, 1.54) is 611 Å². The van der Waals surface area contributed by atoms with Gasteiger partial charge in [0.25, 0.3) is 0 Å². The summed E-state index contributed by atoms with van der Waals surface area (Å²) in [6.07, 6.45) is 148. The SMILES string of the molecule is CCCCCC=CCC(CCCCCC)CCc1ccccc1C1=CC(C=CCCCCCCCCCCCCCCCC)=C(c2ccccc2CCC(CC=CCCCCC)CCCCCC)[N+]1=[N-].CCCCCCCCCCCCCCCCCCCCCCCCCCCC[CH2][Ni][CH2]CCCCCCCCCCCCCCCCCCCCCCCCCCCC. The summed E-state index contributed by atoms with van der Waals surface area (Å²) in [6.45, 7) is 16.2. The van der Waals surface area contributed by atoms with Crippen LogP contribution in [0.3, 0.4) is 0 Å². The van der Waals surface area contributed by atoms with Crippen molar-refractivity contribution < 1.29 is 19.1 Å². The molecular formula is C126H228N2Ni. The van der Waals surface area contributed by atoms with Gasteiger partial charge in [-0.3, -0.25) is 0 Å². The van der Waals surface area contributed by atoms with Crippen LogP contribution in [0.25, 0.3) is 16.9 Å². The molecular weight excluding hydrogens is 1600 g/mol. The molecule has 0 spiro atoms. The van der Waals surface area contributed by atoms with Gasteiger partial charge in [0.05, 0.1) is 5.57 Å². The summed E-state index contributed by atoms with van der Waals surface area (Å²) in [5, 5.41) is 2.87. The Kier molecular flexibility index (Phi) is 95.9. The molecule has 1 aliphatic rings. The number of unbranched alkanes of at least 4 members (excludes halogenated alkanes) is 78. The molecule has 0 amide bonds. The second kappa shape index (κ2) is 101. The van der Waals surface area contributed by atoms with Gasteiger partial charge in [-0.1, -0.05) is 500 Å². The van der Waals surface area contributed by atoms with Gasteiger partial charge in [-0.05, 0) is 112 Å². The van der Waals surface area contributed by atoms with Crippen molar-refractivity contribution in [2.24, 2.45) is 11.8 Å². The Morgan fingerprint density at radius 3 is 0.760 bits per heavy atom. The fourth-order valence-electron chi connectivity index (χ4n) is 20.1. The predicted molar refractivity (Wildman–Crippen MR) is 583 cm³/mol. The number of hydrogen-bond acceptors (Lipinski definition) is 0. The Morgan fingerprint density at radius 1 is 0.240 bits per heavy atom. The summed E-state index contributed by atoms with van der Waals surface area (Å²) in [4.78, 5) is 0. The van der Waals surface area contributed by atoms with E-state index in [2.05, 4.69) is 154 Å². The van der Waals surface area contributed by atoms with Gasteiger partial charge in [0, 0.05) is 17.2 Å². The quantitative estimate of drug-likeness (QED) is 0.0273. The second-order valence-electron chi connectivity index (χ2n) is 41.5. The Morgan fingerprint density at radius 2 is 0.465 bits per heavy atom. The molecule has 752 valence electrons. The smallest absolute Gasteiger partial charge is 0.0654 e. The molecule has 0 saturated heterocycles. The average molecular weight is 1830 g/mol. The summed E-state index contributed by atoms with van der Waals surface area (Å²) in [6, 6.07) is 18.0. The zero-order chi connectivity index (χ0) is 92.3. The summed E-state index contributed by atoms with van der Waals surface area (Å²) in [5.74, 6) is 1.38. The van der Waals surface area contributed by atoms with Crippen molar-refractivity contribution in [1.29, 1.82) is 0 Å². The van der Waals surface area contributed by atoms with Crippen molar-refractivity contribution in [3.63, 3.8) is 0 Å². The summed E-state index contributed by atoms with van der Waals surface area (Å²) in [7, 11) is 0. The van der Waals surface area contributed by atoms with Crippen LogP contribution in [-0.4, -0.2) is 4.70 Å². The van der Waals surface area contributed by atoms with Gasteiger partial charge in [-0.25, -0.2) is 4.70 Å². The third-order valence-corrected chi connectivity index (χ3v) is 30.4. The molecule has 3 heteroatoms. The van der Waals surface area contributed by atoms with Gasteiger partial charge >= 0.3 is 166 Å². The van der Waals surface area contributed by atoms with Gasteiger partial charge in [0.1, 0.15) is 0 Å². The number of allylic oxidation sites excluding steroid dienone is 8. The summed E-state index contributed by atoms with van der Waals surface area (Å²) >= 11 is 2.05. The maximum atomic E-state index is 12.6. The third-order valence-electron chi connectivity index (χ3n) is 29.0. The number of benzene rings is 2. The Bertz CT molecular complexity index is 2700. The molecule has 2 unspecified atom stereocenters. The number of aryl methyl sites for hydroxylation is 2. The first kappa shape index (κ1) is 122. The van der Waals surface area contributed by atoms with Crippen molar-refractivity contribution in [2.45, 2.75) is 656 Å². The zero-order valence-electron chi connectivity index (χ0n) is 88.7. The molecule has 0 N–H and O–H groups in total. The van der Waals surface area contributed by atoms with E-state index in [9.17, 15) is 5.53 Å². The minimum absolute atomic E-state index is 0.687. The van der Waals surface area contributed by atoms with Crippen LogP contribution in [0.15, 0.2) is 96.6 Å². The maximum absolute atomic E-state index is 12.6. The van der Waals surface area contributed by atoms with Crippen molar-refractivity contribution in [1.82, 2.24) is 0 Å². The molecule has 129 heavy (non-hydrogen) atoms. The third kappa shape index (κ3) is 78.9. The van der Waals surface area contributed by atoms with E-state index >= 15 is 0 Å². The first-order chi connectivity index (χ1) is 64.0. The molecule has 0 radical (unpaired) electrons. The van der Waals surface area contributed by atoms with Crippen molar-refractivity contribution in [3.05, 3.63) is 124 Å². The molecule has 0 bridgehead atoms. The van der Waals surface area contributed by atoms with E-state index in [0.29, 0.717) is 11.8 Å². The Balaban J connectivity index is 0.000000888. The molecule has 3 rings (SSSR count). The average Bonchev–Trinajstić information content (AvgIpc) is 1.63. The van der Waals surface area contributed by atoms with Crippen LogP contribution in [0.1, 0.15) is 655 Å². The van der Waals surface area contributed by atoms with E-state index in [1.807, 2.05) is 0 Å². The Labute approximate surface area is 817 Å². The fraction of sp³-hybridized carbons (Fsp3) is 0.825. The number of nitrogens with zero attached hydrogens (tertiary/aromatic N) is 2. The topological polar surface area (TPSA) is 25.3 Å². The molecule has 0 aromatic heterocycles. The molecule has 1 heterocycles. The molecule has 0 saturated carbocycles. The van der Waals surface area contributed by atoms with Crippen LogP contribution >= 0.6 is 0 Å². The van der Waals surface area contributed by atoms with Crippen LogP contribution in [0.5, 0.6) is 0 Å². The van der Waals surface area contributed by atoms with Crippen LogP contribution in [-0.2, 0) is 27.3 Å². The minimum atomic E-state index is 0.687. The number of hydrogen-bond donors (Lipinski definition) is 0. The molecule has 2 atom stereocenters. The van der Waals surface area contributed by atoms with Crippen LogP contribution in [0.2, 0.25) is 10.8 Å². The first-order valence-electron chi connectivity index (χ1n) is 59.5. The monoisotopic (exact) mass is 1830 g/mol. The zero-order valence-corrected chi connectivity index (χ0v) is 89.7. The molecule has 0 fully saturated rings. The molecule has 1 aliphatic heterocycles. The Hall–Kier alpha value is -2.77. The van der Waals surface area contributed by atoms with Gasteiger partial charge in [0.15, 0.2) is 0 Å². The van der Waals surface area contributed by atoms with Crippen molar-refractivity contribution in [2.75, 3.05) is 0 Å². The van der Waals surface area contributed by atoms with E-state index in [-0.39, 0.29) is 0 Å². The van der Waals surface area contributed by atoms with E-state index < -0.39 is 0 Å². The molecule has 2 nitrogen and oxygen atoms in total. The molecule has 2 aromatic carbocycles. The molecule has 2 aromatic rings. The van der Waals surface area contributed by atoms with E-state index in [4.69, 9.17) is 0 Å². The van der Waals surface area contributed by atoms with Gasteiger partial charge in [-0.15, -0.1) is 0 Å². The van der Waals surface area contributed by atoms with Crippen LogP contribution < -0.4 is 0 Å². The second-order valence-corrected chi connectivity index (χ2v) is 43.0. The first-order valence-corrected chi connectivity index (χ1v) is 60.9. The van der Waals surface area contributed by atoms with E-state index in [0.717, 1.165) is 36.2 Å². The normalized spacial score (nSPS) is 13.0. The summed E-state index contributed by atoms with van der Waals surface area (Å²) < 4.78 is 1.58. The van der Waals surface area contributed by atoms with Crippen molar-refractivity contribution >= 4 is 11.4 Å². The summed E-state index contributed by atoms with van der Waals surface area (Å²) in [5.41, 5.74) is 20.6. The number of rotatable bonds is 102. The van der Waals surface area contributed by atoms with Crippen molar-refractivity contribution in [3.8, 4) is 0 Å². The van der Waals surface area contributed by atoms with Gasteiger partial charge in [-0.2, -0.15) is 0 Å². The van der Waals surface area contributed by atoms with Gasteiger partial charge < -0.3 is 5.53 Å². The van der Waals surface area contributed by atoms with Gasteiger partial charge in [0.2, 0.25) is 11.4 Å². The fourth-order valence-corrected chi connectivity index (χ4v) is 21.4. The minimum Gasteiger partial charge on any atom is -0.0654 e. The van der Waals surface area contributed by atoms with Crippen LogP contribution in [0, 0.1) is 11.8 Å². The standard InChI is InChI=1S/C68H110N2.2C29H59.Ni/c1-6-11-16-21-24-25-26-27-28-29-30-31-32-33-36-41-52-64-59-67(65-53-44-42-50-62(65)57-55-60(46-37-19-14-9-4)48-39-34-22-17-12-7-2)70(69)68(64)66-54-45-43-51-63(66)58-56-61(47-38-20-15-10-5)49-40-35-23-18-13-8-3;2*1-3-5-7-9-11-13-15-17-19-21-23-25-27-29-28-26-24-22-20-18-16-14-12-10-8-6-4-2;/h34-35,39-45,50-54,59-61H,6-33,36-38,46-49,55-58H2,1-5H3;2*1,3-29H2,2H3;. The predicted octanol–water partition coefficient (Wildman–Crippen LogP) is 46.0.